The average molecular weight is 366 g/mol. The molecule has 4 rings (SSSR count). The highest BCUT2D eigenvalue weighted by Crippen LogP contribution is 2.28. The van der Waals surface area contributed by atoms with Gasteiger partial charge in [0, 0.05) is 31.4 Å². The normalized spacial score (nSPS) is 17.5. The molecule has 0 aliphatic carbocycles. The third kappa shape index (κ3) is 3.01. The van der Waals surface area contributed by atoms with Crippen LogP contribution in [0.3, 0.4) is 0 Å². The second-order valence-electron chi connectivity index (χ2n) is 6.72. The predicted octanol–water partition coefficient (Wildman–Crippen LogP) is 3.80. The Bertz CT molecular complexity index is 902. The number of carbonyl (C=O) groups is 1. The predicted molar refractivity (Wildman–Crippen MR) is 106 cm³/mol. The molecule has 1 aromatic carbocycles. The lowest BCUT2D eigenvalue weighted by Crippen LogP contribution is -2.54. The van der Waals surface area contributed by atoms with Crippen molar-refractivity contribution in [1.82, 2.24) is 15.1 Å². The molecule has 1 aliphatic heterocycles. The fourth-order valence-electron chi connectivity index (χ4n) is 3.61. The molecule has 2 aromatic heterocycles. The molecule has 1 amide bonds. The first-order chi connectivity index (χ1) is 12.6. The third-order valence-electron chi connectivity index (χ3n) is 4.98. The topological polar surface area (TPSA) is 52.2 Å². The van der Waals surface area contributed by atoms with Crippen molar-refractivity contribution in [2.24, 2.45) is 0 Å². The van der Waals surface area contributed by atoms with Crippen LogP contribution in [-0.4, -0.2) is 46.7 Å². The maximum atomic E-state index is 13.1. The molecule has 0 spiro atoms. The summed E-state index contributed by atoms with van der Waals surface area (Å²) in [6.07, 6.45) is 1.65. The summed E-state index contributed by atoms with van der Waals surface area (Å²) in [6, 6.07) is 12.6. The highest BCUT2D eigenvalue weighted by molar-refractivity contribution is 7.13. The van der Waals surface area contributed by atoms with Crippen LogP contribution < -0.4 is 4.90 Å². The summed E-state index contributed by atoms with van der Waals surface area (Å²) >= 11 is 1.61. The number of aromatic nitrogens is 2. The summed E-state index contributed by atoms with van der Waals surface area (Å²) in [5.41, 5.74) is 4.01. The summed E-state index contributed by atoms with van der Waals surface area (Å²) in [7, 11) is 0. The SMILES string of the molecule is Cc1ccccc1N1CCN(C(=O)c2cn[nH]c2-c2cccs2)[C@@H](C)C1. The van der Waals surface area contributed by atoms with Crippen molar-refractivity contribution in [1.29, 1.82) is 0 Å². The molecule has 0 radical (unpaired) electrons. The van der Waals surface area contributed by atoms with Gasteiger partial charge in [0.15, 0.2) is 0 Å². The van der Waals surface area contributed by atoms with E-state index in [-0.39, 0.29) is 11.9 Å². The Labute approximate surface area is 157 Å². The van der Waals surface area contributed by atoms with E-state index in [1.54, 1.807) is 17.5 Å². The second kappa shape index (κ2) is 6.96. The highest BCUT2D eigenvalue weighted by atomic mass is 32.1. The molecule has 1 aliphatic rings. The molecule has 26 heavy (non-hydrogen) atoms. The van der Waals surface area contributed by atoms with Crippen LogP contribution in [-0.2, 0) is 0 Å². The molecule has 0 unspecified atom stereocenters. The van der Waals surface area contributed by atoms with E-state index in [9.17, 15) is 4.79 Å². The Morgan fingerprint density at radius 2 is 2.08 bits per heavy atom. The van der Waals surface area contributed by atoms with Crippen molar-refractivity contribution in [3.8, 4) is 10.6 Å². The fourth-order valence-corrected chi connectivity index (χ4v) is 4.34. The summed E-state index contributed by atoms with van der Waals surface area (Å²) in [5, 5.41) is 9.11. The molecule has 1 fully saturated rings. The van der Waals surface area contributed by atoms with Gasteiger partial charge in [-0.2, -0.15) is 5.10 Å². The lowest BCUT2D eigenvalue weighted by atomic mass is 10.1. The van der Waals surface area contributed by atoms with Gasteiger partial charge in [-0.15, -0.1) is 11.3 Å². The number of thiophene rings is 1. The first-order valence-corrected chi connectivity index (χ1v) is 9.72. The number of H-pyrrole nitrogens is 1. The van der Waals surface area contributed by atoms with Gasteiger partial charge in [-0.3, -0.25) is 9.89 Å². The van der Waals surface area contributed by atoms with E-state index in [1.807, 2.05) is 22.4 Å². The second-order valence-corrected chi connectivity index (χ2v) is 7.66. The molecule has 0 bridgehead atoms. The molecule has 1 N–H and O–H groups in total. The van der Waals surface area contributed by atoms with Crippen molar-refractivity contribution in [3.63, 3.8) is 0 Å². The lowest BCUT2D eigenvalue weighted by molar-refractivity contribution is 0.0675. The molecular formula is C20H22N4OS. The van der Waals surface area contributed by atoms with Crippen LogP contribution in [0.1, 0.15) is 22.8 Å². The summed E-state index contributed by atoms with van der Waals surface area (Å²) in [4.78, 5) is 18.5. The van der Waals surface area contributed by atoms with E-state index in [0.29, 0.717) is 12.1 Å². The number of anilines is 1. The zero-order chi connectivity index (χ0) is 18.1. The smallest absolute Gasteiger partial charge is 0.258 e. The van der Waals surface area contributed by atoms with E-state index in [1.165, 1.54) is 11.3 Å². The number of piperazine rings is 1. The van der Waals surface area contributed by atoms with Crippen LogP contribution in [0.25, 0.3) is 10.6 Å². The lowest BCUT2D eigenvalue weighted by Gasteiger charge is -2.41. The van der Waals surface area contributed by atoms with Crippen molar-refractivity contribution < 1.29 is 4.79 Å². The molecule has 3 heterocycles. The quantitative estimate of drug-likeness (QED) is 0.767. The number of benzene rings is 1. The minimum Gasteiger partial charge on any atom is -0.367 e. The number of hydrogen-bond donors (Lipinski definition) is 1. The first-order valence-electron chi connectivity index (χ1n) is 8.84. The van der Waals surface area contributed by atoms with E-state index >= 15 is 0 Å². The molecule has 5 nitrogen and oxygen atoms in total. The molecule has 0 saturated carbocycles. The fraction of sp³-hybridized carbons (Fsp3) is 0.300. The number of carbonyl (C=O) groups excluding carboxylic acids is 1. The van der Waals surface area contributed by atoms with Crippen LogP contribution in [0.15, 0.2) is 48.0 Å². The van der Waals surface area contributed by atoms with Crippen LogP contribution in [0, 0.1) is 6.92 Å². The van der Waals surface area contributed by atoms with Gasteiger partial charge in [0.2, 0.25) is 0 Å². The van der Waals surface area contributed by atoms with Crippen LogP contribution in [0.2, 0.25) is 0 Å². The number of nitrogens with one attached hydrogen (secondary N) is 1. The maximum Gasteiger partial charge on any atom is 0.258 e. The van der Waals surface area contributed by atoms with Crippen molar-refractivity contribution in [2.75, 3.05) is 24.5 Å². The number of hydrogen-bond acceptors (Lipinski definition) is 4. The standard InChI is InChI=1S/C20H22N4OS/c1-14-6-3-4-7-17(14)23-9-10-24(15(2)13-23)20(25)16-12-21-22-19(16)18-8-5-11-26-18/h3-8,11-12,15H,9-10,13H2,1-2H3,(H,21,22)/t15-/m0/s1. The van der Waals surface area contributed by atoms with Gasteiger partial charge < -0.3 is 9.80 Å². The molecule has 3 aromatic rings. The zero-order valence-electron chi connectivity index (χ0n) is 15.0. The minimum atomic E-state index is 0.0547. The molecule has 134 valence electrons. The highest BCUT2D eigenvalue weighted by Gasteiger charge is 2.30. The van der Waals surface area contributed by atoms with Crippen LogP contribution in [0.5, 0.6) is 0 Å². The molecule has 1 atom stereocenters. The Balaban J connectivity index is 1.53. The van der Waals surface area contributed by atoms with Crippen LogP contribution in [0.4, 0.5) is 5.69 Å². The largest absolute Gasteiger partial charge is 0.367 e. The van der Waals surface area contributed by atoms with Gasteiger partial charge >= 0.3 is 0 Å². The van der Waals surface area contributed by atoms with Gasteiger partial charge in [-0.25, -0.2) is 0 Å². The Morgan fingerprint density at radius 1 is 1.23 bits per heavy atom. The number of amides is 1. The van der Waals surface area contributed by atoms with Gasteiger partial charge in [-0.1, -0.05) is 24.3 Å². The third-order valence-corrected chi connectivity index (χ3v) is 5.87. The summed E-state index contributed by atoms with van der Waals surface area (Å²) in [6.45, 7) is 6.64. The Morgan fingerprint density at radius 3 is 2.81 bits per heavy atom. The van der Waals surface area contributed by atoms with E-state index < -0.39 is 0 Å². The van der Waals surface area contributed by atoms with Gasteiger partial charge in [0.05, 0.1) is 22.3 Å². The molecule has 6 heteroatoms. The van der Waals surface area contributed by atoms with E-state index in [0.717, 1.165) is 23.7 Å². The van der Waals surface area contributed by atoms with Crippen LogP contribution >= 0.6 is 11.3 Å². The first kappa shape index (κ1) is 16.8. The van der Waals surface area contributed by atoms with E-state index in [2.05, 4.69) is 53.2 Å². The van der Waals surface area contributed by atoms with Gasteiger partial charge in [0.25, 0.3) is 5.91 Å². The van der Waals surface area contributed by atoms with E-state index in [4.69, 9.17) is 0 Å². The van der Waals surface area contributed by atoms with Gasteiger partial charge in [-0.05, 0) is 36.9 Å². The number of nitrogens with zero attached hydrogens (tertiary/aromatic N) is 3. The van der Waals surface area contributed by atoms with Gasteiger partial charge in [0.1, 0.15) is 0 Å². The molecule has 1 saturated heterocycles. The van der Waals surface area contributed by atoms with Crippen molar-refractivity contribution in [3.05, 3.63) is 59.1 Å². The maximum absolute atomic E-state index is 13.1. The number of aromatic amines is 1. The summed E-state index contributed by atoms with van der Waals surface area (Å²) < 4.78 is 0. The monoisotopic (exact) mass is 366 g/mol. The Hall–Kier alpha value is -2.60. The van der Waals surface area contributed by atoms with Crippen molar-refractivity contribution >= 4 is 22.9 Å². The van der Waals surface area contributed by atoms with Crippen molar-refractivity contribution in [2.45, 2.75) is 19.9 Å². The Kier molecular flexibility index (Phi) is 4.51. The number of para-hydroxylation sites is 1. The summed E-state index contributed by atoms with van der Waals surface area (Å²) in [5.74, 6) is 0.0547. The number of aryl methyl sites for hydroxylation is 1. The number of rotatable bonds is 3. The minimum absolute atomic E-state index is 0.0547. The zero-order valence-corrected chi connectivity index (χ0v) is 15.8. The molecular weight excluding hydrogens is 344 g/mol. The average Bonchev–Trinajstić information content (AvgIpc) is 3.32.